The summed E-state index contributed by atoms with van der Waals surface area (Å²) < 4.78 is 15.4. The van der Waals surface area contributed by atoms with Gasteiger partial charge < -0.3 is 19.5 Å². The van der Waals surface area contributed by atoms with Crippen molar-refractivity contribution < 1.29 is 23.8 Å². The summed E-state index contributed by atoms with van der Waals surface area (Å²) in [4.78, 5) is 23.8. The number of nitrogens with zero attached hydrogens (tertiary/aromatic N) is 1. The van der Waals surface area contributed by atoms with Crippen LogP contribution in [-0.4, -0.2) is 32.7 Å². The largest absolute Gasteiger partial charge is 0.497 e. The molecule has 0 aliphatic rings. The van der Waals surface area contributed by atoms with E-state index in [1.165, 1.54) is 0 Å². The van der Waals surface area contributed by atoms with Crippen LogP contribution in [-0.2, 0) is 20.7 Å². The summed E-state index contributed by atoms with van der Waals surface area (Å²) >= 11 is 0. The second kappa shape index (κ2) is 9.82. The summed E-state index contributed by atoms with van der Waals surface area (Å²) in [5.74, 6) is 0.260. The van der Waals surface area contributed by atoms with Crippen molar-refractivity contribution in [3.63, 3.8) is 0 Å². The molecule has 0 radical (unpaired) electrons. The molecule has 0 spiro atoms. The van der Waals surface area contributed by atoms with Gasteiger partial charge in [0.05, 0.1) is 25.5 Å². The number of ether oxygens (including phenoxy) is 3. The van der Waals surface area contributed by atoms with Crippen molar-refractivity contribution in [3.8, 4) is 17.6 Å². The zero-order valence-electron chi connectivity index (χ0n) is 15.2. The number of carbonyl (C=O) groups is 2. The van der Waals surface area contributed by atoms with E-state index in [9.17, 15) is 9.59 Å². The average molecular weight is 368 g/mol. The number of rotatable bonds is 8. The molecule has 7 nitrogen and oxygen atoms in total. The molecule has 0 atom stereocenters. The Morgan fingerprint density at radius 1 is 1.07 bits per heavy atom. The van der Waals surface area contributed by atoms with Crippen molar-refractivity contribution in [1.29, 1.82) is 5.26 Å². The molecule has 0 unspecified atom stereocenters. The van der Waals surface area contributed by atoms with Gasteiger partial charge in [-0.05, 0) is 36.2 Å². The molecule has 140 valence electrons. The Hall–Kier alpha value is -3.53. The topological polar surface area (TPSA) is 97.6 Å². The first kappa shape index (κ1) is 19.8. The minimum atomic E-state index is -0.505. The number of esters is 1. The Labute approximate surface area is 157 Å². The SMILES string of the molecule is COc1cc(CCC(=O)OCC(=O)Nc2ccccc2C#N)cc(OC)c1. The Bertz CT molecular complexity index is 835. The van der Waals surface area contributed by atoms with Gasteiger partial charge in [0, 0.05) is 12.5 Å². The van der Waals surface area contributed by atoms with Crippen LogP contribution in [0.1, 0.15) is 17.5 Å². The van der Waals surface area contributed by atoms with Gasteiger partial charge in [-0.1, -0.05) is 12.1 Å². The van der Waals surface area contributed by atoms with Gasteiger partial charge in [0.25, 0.3) is 5.91 Å². The molecule has 0 saturated heterocycles. The van der Waals surface area contributed by atoms with Crippen LogP contribution in [0.3, 0.4) is 0 Å². The van der Waals surface area contributed by atoms with E-state index >= 15 is 0 Å². The molecule has 27 heavy (non-hydrogen) atoms. The molecular formula is C20H20N2O5. The Kier molecular flexibility index (Phi) is 7.20. The van der Waals surface area contributed by atoms with E-state index in [2.05, 4.69) is 5.32 Å². The molecule has 0 aliphatic carbocycles. The van der Waals surface area contributed by atoms with Crippen LogP contribution >= 0.6 is 0 Å². The Balaban J connectivity index is 1.82. The normalized spacial score (nSPS) is 9.81. The smallest absolute Gasteiger partial charge is 0.306 e. The third-order valence-corrected chi connectivity index (χ3v) is 3.71. The fourth-order valence-corrected chi connectivity index (χ4v) is 2.35. The molecule has 7 heteroatoms. The summed E-state index contributed by atoms with van der Waals surface area (Å²) in [6.07, 6.45) is 0.531. The highest BCUT2D eigenvalue weighted by Gasteiger charge is 2.11. The summed E-state index contributed by atoms with van der Waals surface area (Å²) in [6, 6.07) is 13.9. The molecule has 0 saturated carbocycles. The number of benzene rings is 2. The van der Waals surface area contributed by atoms with Gasteiger partial charge >= 0.3 is 5.97 Å². The number of carbonyl (C=O) groups excluding carboxylic acids is 2. The summed E-state index contributed by atoms with van der Waals surface area (Å²) in [5, 5.41) is 11.5. The highest BCUT2D eigenvalue weighted by molar-refractivity contribution is 5.93. The van der Waals surface area contributed by atoms with Gasteiger partial charge in [0.1, 0.15) is 17.6 Å². The quantitative estimate of drug-likeness (QED) is 0.720. The van der Waals surface area contributed by atoms with Crippen molar-refractivity contribution in [2.75, 3.05) is 26.1 Å². The van der Waals surface area contributed by atoms with E-state index in [4.69, 9.17) is 19.5 Å². The van der Waals surface area contributed by atoms with E-state index in [0.29, 0.717) is 29.2 Å². The van der Waals surface area contributed by atoms with Crippen molar-refractivity contribution in [2.45, 2.75) is 12.8 Å². The maximum Gasteiger partial charge on any atom is 0.306 e. The molecule has 2 aromatic carbocycles. The number of methoxy groups -OCH3 is 2. The Morgan fingerprint density at radius 2 is 1.74 bits per heavy atom. The molecule has 0 aliphatic heterocycles. The second-order valence-electron chi connectivity index (χ2n) is 5.59. The lowest BCUT2D eigenvalue weighted by Gasteiger charge is -2.09. The molecule has 1 amide bonds. The minimum absolute atomic E-state index is 0.110. The average Bonchev–Trinajstić information content (AvgIpc) is 2.70. The zero-order chi connectivity index (χ0) is 19.6. The fourth-order valence-electron chi connectivity index (χ4n) is 2.35. The number of hydrogen-bond donors (Lipinski definition) is 1. The van der Waals surface area contributed by atoms with E-state index in [1.54, 1.807) is 56.7 Å². The van der Waals surface area contributed by atoms with Gasteiger partial charge in [-0.25, -0.2) is 0 Å². The number of amides is 1. The number of nitriles is 1. The number of nitrogens with one attached hydrogen (secondary N) is 1. The summed E-state index contributed by atoms with van der Waals surface area (Å²) in [6.45, 7) is -0.417. The molecule has 2 aromatic rings. The highest BCUT2D eigenvalue weighted by Crippen LogP contribution is 2.23. The van der Waals surface area contributed by atoms with Crippen LogP contribution in [0.25, 0.3) is 0 Å². The number of para-hydroxylation sites is 1. The molecule has 1 N–H and O–H groups in total. The lowest BCUT2D eigenvalue weighted by atomic mass is 10.1. The third kappa shape index (κ3) is 6.04. The van der Waals surface area contributed by atoms with Crippen LogP contribution in [0.5, 0.6) is 11.5 Å². The Morgan fingerprint density at radius 3 is 2.37 bits per heavy atom. The molecule has 0 aromatic heterocycles. The monoisotopic (exact) mass is 368 g/mol. The first-order chi connectivity index (χ1) is 13.0. The molecule has 0 bridgehead atoms. The van der Waals surface area contributed by atoms with Gasteiger partial charge in [0.15, 0.2) is 6.61 Å². The maximum absolute atomic E-state index is 11.9. The van der Waals surface area contributed by atoms with Crippen molar-refractivity contribution >= 4 is 17.6 Å². The van der Waals surface area contributed by atoms with Crippen molar-refractivity contribution in [3.05, 3.63) is 53.6 Å². The van der Waals surface area contributed by atoms with Crippen LogP contribution in [0.2, 0.25) is 0 Å². The van der Waals surface area contributed by atoms with E-state index in [-0.39, 0.29) is 6.42 Å². The van der Waals surface area contributed by atoms with Gasteiger partial charge in [-0.3, -0.25) is 9.59 Å². The first-order valence-electron chi connectivity index (χ1n) is 8.22. The third-order valence-electron chi connectivity index (χ3n) is 3.71. The molecule has 0 heterocycles. The lowest BCUT2D eigenvalue weighted by molar-refractivity contribution is -0.147. The standard InChI is InChI=1S/C20H20N2O5/c1-25-16-9-14(10-17(11-16)26-2)7-8-20(24)27-13-19(23)22-18-6-4-3-5-15(18)12-21/h3-6,9-11H,7-8,13H2,1-2H3,(H,22,23). The van der Waals surface area contributed by atoms with E-state index in [1.807, 2.05) is 6.07 Å². The molecule has 2 rings (SSSR count). The van der Waals surface area contributed by atoms with E-state index in [0.717, 1.165) is 5.56 Å². The van der Waals surface area contributed by atoms with Crippen molar-refractivity contribution in [1.82, 2.24) is 0 Å². The van der Waals surface area contributed by atoms with Gasteiger partial charge in [-0.15, -0.1) is 0 Å². The van der Waals surface area contributed by atoms with Crippen LogP contribution in [0.4, 0.5) is 5.69 Å². The fraction of sp³-hybridized carbons (Fsp3) is 0.250. The lowest BCUT2D eigenvalue weighted by Crippen LogP contribution is -2.21. The number of hydrogen-bond acceptors (Lipinski definition) is 6. The second-order valence-corrected chi connectivity index (χ2v) is 5.59. The van der Waals surface area contributed by atoms with Crippen LogP contribution < -0.4 is 14.8 Å². The highest BCUT2D eigenvalue weighted by atomic mass is 16.5. The van der Waals surface area contributed by atoms with Crippen molar-refractivity contribution in [2.24, 2.45) is 0 Å². The number of anilines is 1. The molecular weight excluding hydrogens is 348 g/mol. The predicted molar refractivity (Wildman–Crippen MR) is 98.6 cm³/mol. The number of aryl methyl sites for hydroxylation is 1. The molecule has 0 fully saturated rings. The van der Waals surface area contributed by atoms with Gasteiger partial charge in [0.2, 0.25) is 0 Å². The van der Waals surface area contributed by atoms with E-state index < -0.39 is 18.5 Å². The predicted octanol–water partition coefficient (Wildman–Crippen LogP) is 2.69. The van der Waals surface area contributed by atoms with Crippen LogP contribution in [0, 0.1) is 11.3 Å². The minimum Gasteiger partial charge on any atom is -0.497 e. The summed E-state index contributed by atoms with van der Waals surface area (Å²) in [5.41, 5.74) is 1.57. The summed E-state index contributed by atoms with van der Waals surface area (Å²) in [7, 11) is 3.10. The van der Waals surface area contributed by atoms with Gasteiger partial charge in [-0.2, -0.15) is 5.26 Å². The first-order valence-corrected chi connectivity index (χ1v) is 8.22. The van der Waals surface area contributed by atoms with Crippen LogP contribution in [0.15, 0.2) is 42.5 Å². The zero-order valence-corrected chi connectivity index (χ0v) is 15.2. The maximum atomic E-state index is 11.9.